The van der Waals surface area contributed by atoms with Crippen LogP contribution in [-0.4, -0.2) is 30.2 Å². The quantitative estimate of drug-likeness (QED) is 0.409. The van der Waals surface area contributed by atoms with Crippen molar-refractivity contribution in [2.45, 2.75) is 13.8 Å². The van der Waals surface area contributed by atoms with Gasteiger partial charge in [0.05, 0.1) is 13.2 Å². The smallest absolute Gasteiger partial charge is 0.328 e. The maximum atomic E-state index is 10.1. The first-order valence-corrected chi connectivity index (χ1v) is 4.46. The van der Waals surface area contributed by atoms with Crippen molar-refractivity contribution >= 4 is 11.9 Å². The highest BCUT2D eigenvalue weighted by atomic mass is 16.5. The van der Waals surface area contributed by atoms with Crippen LogP contribution >= 0.6 is 0 Å². The lowest BCUT2D eigenvalue weighted by Crippen LogP contribution is -2.16. The third kappa shape index (κ3) is 19.0. The Hall–Kier alpha value is -1.62. The van der Waals surface area contributed by atoms with Crippen molar-refractivity contribution in [1.29, 1.82) is 0 Å². The summed E-state index contributed by atoms with van der Waals surface area (Å²) in [7, 11) is 0. The SMILES string of the molecule is C/C=C/C=C/C(=O)O.CCOC(=O)CN. The minimum atomic E-state index is -0.914. The number of nitrogens with two attached hydrogens (primary N) is 1. The minimum absolute atomic E-state index is 0.0200. The van der Waals surface area contributed by atoms with Crippen molar-refractivity contribution in [3.05, 3.63) is 24.3 Å². The Balaban J connectivity index is 0. The molecule has 0 aliphatic carbocycles. The molecule has 0 rings (SSSR count). The van der Waals surface area contributed by atoms with Gasteiger partial charge in [-0.25, -0.2) is 4.79 Å². The average molecular weight is 215 g/mol. The lowest BCUT2D eigenvalue weighted by atomic mass is 10.4. The second-order valence-electron chi connectivity index (χ2n) is 2.23. The molecule has 0 aliphatic heterocycles. The number of allylic oxidation sites excluding steroid dienone is 3. The van der Waals surface area contributed by atoms with Gasteiger partial charge in [0.15, 0.2) is 0 Å². The Bertz CT molecular complexity index is 234. The second kappa shape index (κ2) is 12.4. The van der Waals surface area contributed by atoms with Crippen molar-refractivity contribution in [1.82, 2.24) is 0 Å². The first kappa shape index (κ1) is 15.8. The highest BCUT2D eigenvalue weighted by Crippen LogP contribution is 1.74. The van der Waals surface area contributed by atoms with Crippen LogP contribution in [0.15, 0.2) is 24.3 Å². The number of hydrogen-bond donors (Lipinski definition) is 2. The first-order valence-electron chi connectivity index (χ1n) is 4.46. The molecule has 15 heavy (non-hydrogen) atoms. The molecule has 0 saturated heterocycles. The zero-order valence-corrected chi connectivity index (χ0v) is 8.97. The molecular formula is C10H17NO4. The van der Waals surface area contributed by atoms with Crippen molar-refractivity contribution in [2.24, 2.45) is 5.73 Å². The number of rotatable bonds is 4. The molecule has 5 nitrogen and oxygen atoms in total. The summed E-state index contributed by atoms with van der Waals surface area (Å²) in [4.78, 5) is 19.8. The van der Waals surface area contributed by atoms with Crippen LogP contribution in [0.1, 0.15) is 13.8 Å². The zero-order valence-electron chi connectivity index (χ0n) is 8.97. The molecule has 5 heteroatoms. The number of ether oxygens (including phenoxy) is 1. The summed E-state index contributed by atoms with van der Waals surface area (Å²) in [6.07, 6.45) is 5.98. The first-order chi connectivity index (χ1) is 7.08. The summed E-state index contributed by atoms with van der Waals surface area (Å²) >= 11 is 0. The molecule has 0 aromatic rings. The lowest BCUT2D eigenvalue weighted by Gasteiger charge is -1.93. The minimum Gasteiger partial charge on any atom is -0.478 e. The Morgan fingerprint density at radius 3 is 2.27 bits per heavy atom. The molecule has 0 amide bonds. The summed E-state index contributed by atoms with van der Waals surface area (Å²) in [5.41, 5.74) is 4.88. The third-order valence-corrected chi connectivity index (χ3v) is 1.01. The van der Waals surface area contributed by atoms with E-state index >= 15 is 0 Å². The number of carboxylic acids is 1. The van der Waals surface area contributed by atoms with Crippen molar-refractivity contribution in [3.8, 4) is 0 Å². The lowest BCUT2D eigenvalue weighted by molar-refractivity contribution is -0.141. The van der Waals surface area contributed by atoms with E-state index in [1.165, 1.54) is 6.08 Å². The molecular weight excluding hydrogens is 198 g/mol. The number of aliphatic carboxylic acids is 1. The maximum Gasteiger partial charge on any atom is 0.328 e. The van der Waals surface area contributed by atoms with Crippen molar-refractivity contribution in [3.63, 3.8) is 0 Å². The fourth-order valence-electron chi connectivity index (χ4n) is 0.469. The molecule has 0 radical (unpaired) electrons. The van der Waals surface area contributed by atoms with Gasteiger partial charge >= 0.3 is 11.9 Å². The Labute approximate surface area is 89.2 Å². The molecule has 0 spiro atoms. The molecule has 0 aromatic carbocycles. The number of carbonyl (C=O) groups is 2. The van der Waals surface area contributed by atoms with E-state index in [4.69, 9.17) is 10.8 Å². The summed E-state index contributed by atoms with van der Waals surface area (Å²) in [6.45, 7) is 3.96. The molecule has 0 bridgehead atoms. The van der Waals surface area contributed by atoms with Gasteiger partial charge in [-0.15, -0.1) is 0 Å². The van der Waals surface area contributed by atoms with E-state index in [2.05, 4.69) is 4.74 Å². The van der Waals surface area contributed by atoms with Crippen molar-refractivity contribution in [2.75, 3.05) is 13.2 Å². The van der Waals surface area contributed by atoms with Crippen molar-refractivity contribution < 1.29 is 19.4 Å². The normalized spacial score (nSPS) is 9.80. The molecule has 86 valence electrons. The van der Waals surface area contributed by atoms with Gasteiger partial charge in [-0.2, -0.15) is 0 Å². The Morgan fingerprint density at radius 2 is 2.00 bits per heavy atom. The van der Waals surface area contributed by atoms with Crippen LogP contribution < -0.4 is 5.73 Å². The van der Waals surface area contributed by atoms with Gasteiger partial charge in [0.1, 0.15) is 0 Å². The molecule has 0 saturated carbocycles. The van der Waals surface area contributed by atoms with E-state index in [0.29, 0.717) is 6.61 Å². The number of carboxylic acid groups (broad SMARTS) is 1. The van der Waals surface area contributed by atoms with Crippen LogP contribution in [-0.2, 0) is 14.3 Å². The molecule has 0 fully saturated rings. The van der Waals surface area contributed by atoms with Crippen LogP contribution in [0.3, 0.4) is 0 Å². The van der Waals surface area contributed by atoms with E-state index in [0.717, 1.165) is 6.08 Å². The molecule has 3 N–H and O–H groups in total. The van der Waals surface area contributed by atoms with Crippen LogP contribution in [0, 0.1) is 0 Å². The van der Waals surface area contributed by atoms with Gasteiger partial charge in [0, 0.05) is 6.08 Å². The summed E-state index contributed by atoms with van der Waals surface area (Å²) in [5.74, 6) is -1.26. The van der Waals surface area contributed by atoms with Gasteiger partial charge < -0.3 is 15.6 Å². The summed E-state index contributed by atoms with van der Waals surface area (Å²) in [5, 5.41) is 8.02. The monoisotopic (exact) mass is 215 g/mol. The topological polar surface area (TPSA) is 89.6 Å². The highest BCUT2D eigenvalue weighted by molar-refractivity contribution is 5.80. The third-order valence-electron chi connectivity index (χ3n) is 1.01. The maximum absolute atomic E-state index is 10.1. The fourth-order valence-corrected chi connectivity index (χ4v) is 0.469. The molecule has 0 aromatic heterocycles. The molecule has 0 heterocycles. The fraction of sp³-hybridized carbons (Fsp3) is 0.400. The molecule has 0 atom stereocenters. The number of carbonyl (C=O) groups excluding carboxylic acids is 1. The summed E-state index contributed by atoms with van der Waals surface area (Å²) < 4.78 is 4.43. The van der Waals surface area contributed by atoms with Gasteiger partial charge in [-0.05, 0) is 13.8 Å². The summed E-state index contributed by atoms with van der Waals surface area (Å²) in [6, 6.07) is 0. The predicted molar refractivity (Wildman–Crippen MR) is 57.3 cm³/mol. The zero-order chi connectivity index (χ0) is 12.1. The van der Waals surface area contributed by atoms with Gasteiger partial charge in [-0.3, -0.25) is 4.79 Å². The van der Waals surface area contributed by atoms with Crippen LogP contribution in [0.25, 0.3) is 0 Å². The molecule has 0 unspecified atom stereocenters. The van der Waals surface area contributed by atoms with E-state index in [-0.39, 0.29) is 12.5 Å². The van der Waals surface area contributed by atoms with Crippen LogP contribution in [0.5, 0.6) is 0 Å². The largest absolute Gasteiger partial charge is 0.478 e. The Morgan fingerprint density at radius 1 is 1.40 bits per heavy atom. The van der Waals surface area contributed by atoms with Gasteiger partial charge in [-0.1, -0.05) is 18.2 Å². The van der Waals surface area contributed by atoms with Gasteiger partial charge in [0.25, 0.3) is 0 Å². The van der Waals surface area contributed by atoms with Crippen LogP contribution in [0.4, 0.5) is 0 Å². The number of esters is 1. The van der Waals surface area contributed by atoms with Crippen LogP contribution in [0.2, 0.25) is 0 Å². The predicted octanol–water partition coefficient (Wildman–Crippen LogP) is 0.712. The molecule has 0 aliphatic rings. The van der Waals surface area contributed by atoms with E-state index in [1.807, 2.05) is 6.92 Å². The van der Waals surface area contributed by atoms with Gasteiger partial charge in [0.2, 0.25) is 0 Å². The van der Waals surface area contributed by atoms with E-state index < -0.39 is 5.97 Å². The van der Waals surface area contributed by atoms with E-state index in [1.54, 1.807) is 19.1 Å². The standard InChI is InChI=1S/C6H8O2.C4H9NO2/c1-2-3-4-5-6(7)8;1-2-7-4(6)3-5/h2-5H,1H3,(H,7,8);2-3,5H2,1H3/b3-2+,5-4+;. The highest BCUT2D eigenvalue weighted by Gasteiger charge is 1.91. The second-order valence-corrected chi connectivity index (χ2v) is 2.23. The number of hydrogen-bond acceptors (Lipinski definition) is 4. The Kier molecular flexibility index (Phi) is 13.1. The van der Waals surface area contributed by atoms with E-state index in [9.17, 15) is 9.59 Å². The average Bonchev–Trinajstić information content (AvgIpc) is 2.19.